The van der Waals surface area contributed by atoms with Gasteiger partial charge in [-0.15, -0.1) is 0 Å². The summed E-state index contributed by atoms with van der Waals surface area (Å²) < 4.78 is 34.5. The first-order valence-electron chi connectivity index (χ1n) is 11.9. The molecule has 3 aliphatic heterocycles. The number of quaternary nitrogens is 1. The van der Waals surface area contributed by atoms with Gasteiger partial charge in [0.15, 0.2) is 6.10 Å². The van der Waals surface area contributed by atoms with Gasteiger partial charge in [-0.1, -0.05) is 37.8 Å². The molecule has 7 heteroatoms. The van der Waals surface area contributed by atoms with Crippen LogP contribution in [0.4, 0.5) is 8.78 Å². The molecule has 5 nitrogen and oxygen atoms in total. The van der Waals surface area contributed by atoms with E-state index in [2.05, 4.69) is 4.98 Å². The molecule has 3 saturated heterocycles. The van der Waals surface area contributed by atoms with Gasteiger partial charge in [0.1, 0.15) is 29.8 Å². The van der Waals surface area contributed by atoms with Gasteiger partial charge in [0.05, 0.1) is 19.6 Å². The highest BCUT2D eigenvalue weighted by Gasteiger charge is 2.50. The summed E-state index contributed by atoms with van der Waals surface area (Å²) in [6.07, 6.45) is 2.35. The SMILES string of the molecule is C.O=C(C[N+]12CCC(CC1)C(C(=O)OC(c1cccc(F)c1)c1cccc(F)c1)C2)c1ccccn1. The fourth-order valence-corrected chi connectivity index (χ4v) is 5.56. The highest BCUT2D eigenvalue weighted by atomic mass is 19.1. The van der Waals surface area contributed by atoms with Crippen LogP contribution in [0.2, 0.25) is 0 Å². The summed E-state index contributed by atoms with van der Waals surface area (Å²) in [7, 11) is 0. The lowest BCUT2D eigenvalue weighted by atomic mass is 9.77. The summed E-state index contributed by atoms with van der Waals surface area (Å²) in [6.45, 7) is 2.49. The number of benzene rings is 2. The fourth-order valence-electron chi connectivity index (χ4n) is 5.56. The maximum Gasteiger partial charge on any atom is 0.315 e. The van der Waals surface area contributed by atoms with Gasteiger partial charge in [-0.25, -0.2) is 8.78 Å². The molecule has 2 bridgehead atoms. The van der Waals surface area contributed by atoms with Crippen LogP contribution in [0, 0.1) is 23.5 Å². The van der Waals surface area contributed by atoms with Crippen molar-refractivity contribution in [2.24, 2.45) is 11.8 Å². The van der Waals surface area contributed by atoms with Gasteiger partial charge >= 0.3 is 5.97 Å². The molecule has 6 rings (SSSR count). The summed E-state index contributed by atoms with van der Waals surface area (Å²) in [5.41, 5.74) is 1.32. The molecule has 36 heavy (non-hydrogen) atoms. The van der Waals surface area contributed by atoms with E-state index in [1.807, 2.05) is 0 Å². The number of ether oxygens (including phenoxy) is 1. The Bertz CT molecular complexity index is 1180. The standard InChI is InChI=1S/C28H27F2N2O3.CH4/c29-22-7-3-5-20(15-22)27(21-6-4-8-23(30)16-21)35-28(34)24-17-32(13-10-19(24)11-14-32)18-26(33)25-9-1-2-12-31-25;/h1-9,12,15-16,19,24,27H,10-11,13-14,17-18H2;1H4/q+1;. The van der Waals surface area contributed by atoms with Crippen molar-refractivity contribution in [2.45, 2.75) is 26.4 Å². The minimum Gasteiger partial charge on any atom is -0.452 e. The van der Waals surface area contributed by atoms with E-state index < -0.39 is 17.7 Å². The van der Waals surface area contributed by atoms with Crippen molar-refractivity contribution >= 4 is 11.8 Å². The van der Waals surface area contributed by atoms with Crippen LogP contribution < -0.4 is 0 Å². The smallest absolute Gasteiger partial charge is 0.315 e. The molecule has 188 valence electrons. The van der Waals surface area contributed by atoms with Crippen molar-refractivity contribution < 1.29 is 27.6 Å². The van der Waals surface area contributed by atoms with Gasteiger partial charge in [0.25, 0.3) is 0 Å². The molecule has 2 aromatic carbocycles. The molecular formula is C29H31F2N2O3+. The predicted octanol–water partition coefficient (Wildman–Crippen LogP) is 5.37. The number of aromatic nitrogens is 1. The number of rotatable bonds is 7. The number of fused-ring (bicyclic) bond motifs is 3. The van der Waals surface area contributed by atoms with Crippen molar-refractivity contribution in [3.8, 4) is 0 Å². The van der Waals surface area contributed by atoms with Gasteiger partial charge < -0.3 is 9.22 Å². The second-order valence-corrected chi connectivity index (χ2v) is 9.64. The van der Waals surface area contributed by atoms with Crippen LogP contribution in [0.15, 0.2) is 72.9 Å². The Morgan fingerprint density at radius 1 is 0.944 bits per heavy atom. The fraction of sp³-hybridized carbons (Fsp3) is 0.345. The first kappa shape index (κ1) is 25.6. The Morgan fingerprint density at radius 3 is 2.14 bits per heavy atom. The monoisotopic (exact) mass is 493 g/mol. The molecule has 1 aromatic heterocycles. The summed E-state index contributed by atoms with van der Waals surface area (Å²) >= 11 is 0. The topological polar surface area (TPSA) is 56.3 Å². The molecule has 3 aromatic rings. The molecule has 1 unspecified atom stereocenters. The molecule has 0 saturated carbocycles. The lowest BCUT2D eigenvalue weighted by molar-refractivity contribution is -0.938. The minimum absolute atomic E-state index is 0. The van der Waals surface area contributed by atoms with Crippen molar-refractivity contribution in [1.29, 1.82) is 0 Å². The maximum absolute atomic E-state index is 14.0. The third-order valence-electron chi connectivity index (χ3n) is 7.37. The van der Waals surface area contributed by atoms with Crippen LogP contribution in [-0.4, -0.2) is 47.4 Å². The Balaban J connectivity index is 0.00000304. The highest BCUT2D eigenvalue weighted by Crippen LogP contribution is 2.40. The van der Waals surface area contributed by atoms with E-state index >= 15 is 0 Å². The zero-order chi connectivity index (χ0) is 24.4. The number of esters is 1. The third-order valence-corrected chi connectivity index (χ3v) is 7.37. The van der Waals surface area contributed by atoms with Gasteiger partial charge in [0, 0.05) is 19.0 Å². The van der Waals surface area contributed by atoms with Crippen molar-refractivity contribution in [1.82, 2.24) is 4.98 Å². The normalized spacial score (nSPS) is 22.6. The Kier molecular flexibility index (Phi) is 7.59. The molecule has 0 N–H and O–H groups in total. The molecule has 1 atom stereocenters. The van der Waals surface area contributed by atoms with Crippen LogP contribution >= 0.6 is 0 Å². The number of pyridine rings is 1. The number of halogens is 2. The number of Topliss-reactive ketones (excluding diaryl/α,β-unsaturated/α-hetero) is 1. The number of hydrogen-bond acceptors (Lipinski definition) is 4. The molecule has 3 fully saturated rings. The van der Waals surface area contributed by atoms with Crippen molar-refractivity contribution in [3.63, 3.8) is 0 Å². The largest absolute Gasteiger partial charge is 0.452 e. The number of nitrogens with zero attached hydrogens (tertiary/aromatic N) is 2. The zero-order valence-electron chi connectivity index (χ0n) is 19.3. The van der Waals surface area contributed by atoms with Crippen LogP contribution in [0.1, 0.15) is 48.0 Å². The number of piperidine rings is 3. The molecule has 3 aliphatic rings. The lowest BCUT2D eigenvalue weighted by Gasteiger charge is -2.51. The number of carbonyl (C=O) groups is 2. The summed E-state index contributed by atoms with van der Waals surface area (Å²) in [6, 6.07) is 16.9. The number of hydrogen-bond donors (Lipinski definition) is 0. The third kappa shape index (κ3) is 5.36. The maximum atomic E-state index is 14.0. The quantitative estimate of drug-likeness (QED) is 0.252. The first-order chi connectivity index (χ1) is 16.9. The Morgan fingerprint density at radius 2 is 1.58 bits per heavy atom. The Hall–Kier alpha value is -3.45. The van der Waals surface area contributed by atoms with Crippen LogP contribution in [-0.2, 0) is 9.53 Å². The van der Waals surface area contributed by atoms with Crippen LogP contribution in [0.25, 0.3) is 0 Å². The van der Waals surface area contributed by atoms with Crippen molar-refractivity contribution in [3.05, 3.63) is 101 Å². The van der Waals surface area contributed by atoms with E-state index in [1.165, 1.54) is 24.3 Å². The van der Waals surface area contributed by atoms with Gasteiger partial charge in [-0.3, -0.25) is 14.6 Å². The summed E-state index contributed by atoms with van der Waals surface area (Å²) in [4.78, 5) is 30.6. The second-order valence-electron chi connectivity index (χ2n) is 9.64. The van der Waals surface area contributed by atoms with Gasteiger partial charge in [-0.05, 0) is 53.4 Å². The second kappa shape index (κ2) is 10.7. The molecule has 0 amide bonds. The Labute approximate surface area is 210 Å². The molecular weight excluding hydrogens is 462 g/mol. The average molecular weight is 494 g/mol. The van der Waals surface area contributed by atoms with E-state index in [0.717, 1.165) is 25.9 Å². The van der Waals surface area contributed by atoms with E-state index in [0.29, 0.717) is 34.4 Å². The summed E-state index contributed by atoms with van der Waals surface area (Å²) in [5.74, 6) is -1.54. The summed E-state index contributed by atoms with van der Waals surface area (Å²) in [5, 5.41) is 0. The predicted molar refractivity (Wildman–Crippen MR) is 132 cm³/mol. The molecule has 4 heterocycles. The number of ketones is 1. The van der Waals surface area contributed by atoms with Gasteiger partial charge in [-0.2, -0.15) is 0 Å². The van der Waals surface area contributed by atoms with E-state index in [9.17, 15) is 18.4 Å². The van der Waals surface area contributed by atoms with E-state index in [-0.39, 0.29) is 31.0 Å². The van der Waals surface area contributed by atoms with E-state index in [1.54, 1.807) is 48.7 Å². The molecule has 0 radical (unpaired) electrons. The minimum atomic E-state index is -0.923. The number of carbonyl (C=O) groups excluding carboxylic acids is 2. The van der Waals surface area contributed by atoms with Crippen molar-refractivity contribution in [2.75, 3.05) is 26.2 Å². The zero-order valence-corrected chi connectivity index (χ0v) is 19.3. The first-order valence-corrected chi connectivity index (χ1v) is 11.9. The molecule has 0 aliphatic carbocycles. The average Bonchev–Trinajstić information content (AvgIpc) is 2.88. The van der Waals surface area contributed by atoms with Crippen LogP contribution in [0.3, 0.4) is 0 Å². The molecule has 0 spiro atoms. The highest BCUT2D eigenvalue weighted by molar-refractivity contribution is 5.95. The van der Waals surface area contributed by atoms with E-state index in [4.69, 9.17) is 4.74 Å². The lowest BCUT2D eigenvalue weighted by Crippen LogP contribution is -2.64. The van der Waals surface area contributed by atoms with Gasteiger partial charge in [0.2, 0.25) is 5.78 Å². The van der Waals surface area contributed by atoms with Crippen LogP contribution in [0.5, 0.6) is 0 Å².